The third kappa shape index (κ3) is 7.50. The molecule has 0 aliphatic rings. The molecule has 0 aromatic heterocycles. The number of rotatable bonds is 10. The molecule has 0 spiro atoms. The molecule has 0 unspecified atom stereocenters. The molecule has 0 saturated heterocycles. The van der Waals surface area contributed by atoms with E-state index in [4.69, 9.17) is 9.47 Å². The van der Waals surface area contributed by atoms with Crippen LogP contribution in [0.15, 0.2) is 77.9 Å². The number of carbonyl (C=O) groups excluding carboxylic acids is 2. The fourth-order valence-corrected chi connectivity index (χ4v) is 2.93. The van der Waals surface area contributed by atoms with Crippen LogP contribution in [-0.4, -0.2) is 31.2 Å². The van der Waals surface area contributed by atoms with Crippen molar-refractivity contribution in [2.75, 3.05) is 13.2 Å². The molecular formula is C26H24N4O4. The van der Waals surface area contributed by atoms with Gasteiger partial charge in [0.2, 0.25) is 0 Å². The second-order valence-electron chi connectivity index (χ2n) is 7.27. The van der Waals surface area contributed by atoms with Crippen molar-refractivity contribution >= 4 is 18.0 Å². The zero-order valence-corrected chi connectivity index (χ0v) is 18.7. The van der Waals surface area contributed by atoms with Crippen molar-refractivity contribution in [2.45, 2.75) is 13.5 Å². The number of hydrazone groups is 1. The summed E-state index contributed by atoms with van der Waals surface area (Å²) in [7, 11) is 0. The van der Waals surface area contributed by atoms with Gasteiger partial charge in [0.1, 0.15) is 18.1 Å². The van der Waals surface area contributed by atoms with Crippen molar-refractivity contribution < 1.29 is 19.1 Å². The Bertz CT molecular complexity index is 1220. The number of hydrogen-bond acceptors (Lipinski definition) is 6. The number of benzene rings is 3. The largest absolute Gasteiger partial charge is 0.488 e. The van der Waals surface area contributed by atoms with Crippen LogP contribution < -0.4 is 20.2 Å². The lowest BCUT2D eigenvalue weighted by molar-refractivity contribution is -0.127. The van der Waals surface area contributed by atoms with E-state index in [2.05, 4.69) is 21.9 Å². The number of hydrogen-bond donors (Lipinski definition) is 2. The molecular weight excluding hydrogens is 432 g/mol. The van der Waals surface area contributed by atoms with Crippen LogP contribution in [0.4, 0.5) is 0 Å². The van der Waals surface area contributed by atoms with Crippen LogP contribution in [-0.2, 0) is 16.2 Å². The van der Waals surface area contributed by atoms with Crippen molar-refractivity contribution in [3.8, 4) is 17.6 Å². The van der Waals surface area contributed by atoms with Gasteiger partial charge in [-0.3, -0.25) is 9.59 Å². The highest BCUT2D eigenvalue weighted by molar-refractivity contribution is 5.87. The average Bonchev–Trinajstić information content (AvgIpc) is 2.86. The first kappa shape index (κ1) is 24.0. The highest BCUT2D eigenvalue weighted by atomic mass is 16.5. The minimum absolute atomic E-state index is 0.195. The Balaban J connectivity index is 1.45. The first-order chi connectivity index (χ1) is 16.5. The van der Waals surface area contributed by atoms with Gasteiger partial charge in [-0.25, -0.2) is 5.43 Å². The molecule has 0 saturated carbocycles. The molecule has 3 aromatic carbocycles. The molecule has 0 aliphatic carbocycles. The lowest BCUT2D eigenvalue weighted by Gasteiger charge is -2.10. The molecule has 0 aliphatic heterocycles. The van der Waals surface area contributed by atoms with Crippen LogP contribution >= 0.6 is 0 Å². The van der Waals surface area contributed by atoms with Crippen molar-refractivity contribution in [3.05, 3.63) is 95.1 Å². The van der Waals surface area contributed by atoms with E-state index < -0.39 is 11.8 Å². The SMILES string of the molecule is Cc1cccc(OCC(=O)NCC(=O)N/N=C\c2ccccc2OCc2ccccc2C#N)c1. The molecule has 8 heteroatoms. The monoisotopic (exact) mass is 456 g/mol. The predicted molar refractivity (Wildman–Crippen MR) is 127 cm³/mol. The molecule has 34 heavy (non-hydrogen) atoms. The number of ether oxygens (including phenoxy) is 2. The van der Waals surface area contributed by atoms with Crippen molar-refractivity contribution in [1.82, 2.24) is 10.7 Å². The van der Waals surface area contributed by atoms with Crippen molar-refractivity contribution in [3.63, 3.8) is 0 Å². The van der Waals surface area contributed by atoms with E-state index in [1.807, 2.05) is 49.4 Å². The van der Waals surface area contributed by atoms with E-state index in [9.17, 15) is 14.9 Å². The highest BCUT2D eigenvalue weighted by Gasteiger charge is 2.07. The van der Waals surface area contributed by atoms with Gasteiger partial charge < -0.3 is 14.8 Å². The summed E-state index contributed by atoms with van der Waals surface area (Å²) in [5, 5.41) is 15.6. The van der Waals surface area contributed by atoms with E-state index in [-0.39, 0.29) is 19.8 Å². The van der Waals surface area contributed by atoms with Crippen LogP contribution in [0.25, 0.3) is 0 Å². The Hall–Kier alpha value is -4.64. The average molecular weight is 457 g/mol. The minimum atomic E-state index is -0.485. The normalized spacial score (nSPS) is 10.4. The first-order valence-electron chi connectivity index (χ1n) is 10.5. The lowest BCUT2D eigenvalue weighted by atomic mass is 10.1. The summed E-state index contributed by atoms with van der Waals surface area (Å²) in [6, 6.07) is 23.9. The summed E-state index contributed by atoms with van der Waals surface area (Å²) in [6.45, 7) is 1.71. The third-order valence-electron chi connectivity index (χ3n) is 4.64. The minimum Gasteiger partial charge on any atom is -0.488 e. The van der Waals surface area contributed by atoms with Crippen LogP contribution in [0, 0.1) is 18.3 Å². The number of nitrogens with zero attached hydrogens (tertiary/aromatic N) is 2. The van der Waals surface area contributed by atoms with Gasteiger partial charge in [0.05, 0.1) is 24.4 Å². The number of nitrogens with one attached hydrogen (secondary N) is 2. The molecule has 0 heterocycles. The van der Waals surface area contributed by atoms with Crippen LogP contribution in [0.2, 0.25) is 0 Å². The second kappa shape index (κ2) is 12.4. The molecule has 2 N–H and O–H groups in total. The molecule has 0 radical (unpaired) electrons. The van der Waals surface area contributed by atoms with E-state index in [1.165, 1.54) is 6.21 Å². The Labute approximate surface area is 197 Å². The number of nitriles is 1. The maximum Gasteiger partial charge on any atom is 0.259 e. The summed E-state index contributed by atoms with van der Waals surface area (Å²) < 4.78 is 11.2. The quantitative estimate of drug-likeness (QED) is 0.360. The van der Waals surface area contributed by atoms with E-state index in [0.717, 1.165) is 11.1 Å². The zero-order chi connectivity index (χ0) is 24.2. The molecule has 3 rings (SSSR count). The number of aryl methyl sites for hydroxylation is 1. The smallest absolute Gasteiger partial charge is 0.259 e. The van der Waals surface area contributed by atoms with Crippen LogP contribution in [0.5, 0.6) is 11.5 Å². The van der Waals surface area contributed by atoms with Gasteiger partial charge in [-0.05, 0) is 42.8 Å². The van der Waals surface area contributed by atoms with Crippen LogP contribution in [0.3, 0.4) is 0 Å². The molecule has 0 atom stereocenters. The first-order valence-corrected chi connectivity index (χ1v) is 10.5. The lowest BCUT2D eigenvalue weighted by Crippen LogP contribution is -2.37. The van der Waals surface area contributed by atoms with E-state index >= 15 is 0 Å². The Morgan fingerprint density at radius 1 is 1.00 bits per heavy atom. The summed E-state index contributed by atoms with van der Waals surface area (Å²) >= 11 is 0. The highest BCUT2D eigenvalue weighted by Crippen LogP contribution is 2.18. The standard InChI is InChI=1S/C26H24N4O4/c1-19-7-6-11-23(13-19)33-18-26(32)28-16-25(31)30-29-15-21-9-4-5-12-24(21)34-17-22-10-3-2-8-20(22)14-27/h2-13,15H,16-18H2,1H3,(H,28,32)(H,30,31)/b29-15-. The maximum atomic E-state index is 12.0. The molecule has 0 bridgehead atoms. The molecule has 3 aromatic rings. The van der Waals surface area contributed by atoms with Crippen molar-refractivity contribution in [2.24, 2.45) is 5.10 Å². The topological polar surface area (TPSA) is 113 Å². The fraction of sp³-hybridized carbons (Fsp3) is 0.154. The fourth-order valence-electron chi connectivity index (χ4n) is 2.93. The Morgan fingerprint density at radius 2 is 1.79 bits per heavy atom. The van der Waals surface area contributed by atoms with Gasteiger partial charge in [-0.1, -0.05) is 42.5 Å². The Kier molecular flexibility index (Phi) is 8.76. The summed E-state index contributed by atoms with van der Waals surface area (Å²) in [6.07, 6.45) is 1.45. The number of para-hydroxylation sites is 1. The van der Waals surface area contributed by atoms with Crippen LogP contribution in [0.1, 0.15) is 22.3 Å². The second-order valence-corrected chi connectivity index (χ2v) is 7.27. The number of carbonyl (C=O) groups is 2. The van der Waals surface area contributed by atoms with Gasteiger partial charge >= 0.3 is 0 Å². The Morgan fingerprint density at radius 3 is 2.62 bits per heavy atom. The number of amides is 2. The van der Waals surface area contributed by atoms with Crippen molar-refractivity contribution in [1.29, 1.82) is 5.26 Å². The molecule has 172 valence electrons. The van der Waals surface area contributed by atoms with E-state index in [0.29, 0.717) is 22.6 Å². The van der Waals surface area contributed by atoms with Gasteiger partial charge in [0.25, 0.3) is 11.8 Å². The van der Waals surface area contributed by atoms with Gasteiger partial charge in [-0.15, -0.1) is 0 Å². The summed E-state index contributed by atoms with van der Waals surface area (Å²) in [4.78, 5) is 23.9. The maximum absolute atomic E-state index is 12.0. The van der Waals surface area contributed by atoms with E-state index in [1.54, 1.807) is 30.3 Å². The molecule has 0 fully saturated rings. The zero-order valence-electron chi connectivity index (χ0n) is 18.7. The summed E-state index contributed by atoms with van der Waals surface area (Å²) in [5.41, 5.74) is 5.35. The third-order valence-corrected chi connectivity index (χ3v) is 4.64. The predicted octanol–water partition coefficient (Wildman–Crippen LogP) is 3.09. The van der Waals surface area contributed by atoms with Gasteiger partial charge in [0, 0.05) is 11.1 Å². The molecule has 2 amide bonds. The molecule has 8 nitrogen and oxygen atoms in total. The summed E-state index contributed by atoms with van der Waals surface area (Å²) in [5.74, 6) is 0.231. The van der Waals surface area contributed by atoms with Gasteiger partial charge in [0.15, 0.2) is 6.61 Å². The van der Waals surface area contributed by atoms with Gasteiger partial charge in [-0.2, -0.15) is 10.4 Å².